The van der Waals surface area contributed by atoms with Gasteiger partial charge in [-0.25, -0.2) is 4.98 Å². The summed E-state index contributed by atoms with van der Waals surface area (Å²) in [7, 11) is 4.15. The summed E-state index contributed by atoms with van der Waals surface area (Å²) in [5, 5.41) is 17.8. The number of aryl methyl sites for hydroxylation is 1. The molecule has 1 spiro atoms. The van der Waals surface area contributed by atoms with Crippen LogP contribution in [0.25, 0.3) is 22.3 Å². The zero-order valence-corrected chi connectivity index (χ0v) is 28.6. The Hall–Kier alpha value is -3.80. The second-order valence-electron chi connectivity index (χ2n) is 15.0. The van der Waals surface area contributed by atoms with Crippen LogP contribution in [0.1, 0.15) is 73.5 Å². The van der Waals surface area contributed by atoms with Crippen LogP contribution in [0.3, 0.4) is 0 Å². The summed E-state index contributed by atoms with van der Waals surface area (Å²) in [4.78, 5) is 31.0. The average molecular weight is 652 g/mol. The highest BCUT2D eigenvalue weighted by Gasteiger charge is 2.46. The van der Waals surface area contributed by atoms with Gasteiger partial charge in [-0.1, -0.05) is 0 Å². The Balaban J connectivity index is 1.01. The lowest BCUT2D eigenvalue weighted by atomic mass is 9.71. The van der Waals surface area contributed by atoms with Crippen LogP contribution in [-0.4, -0.2) is 104 Å². The van der Waals surface area contributed by atoms with Crippen molar-refractivity contribution in [2.75, 3.05) is 56.5 Å². The summed E-state index contributed by atoms with van der Waals surface area (Å²) in [5.74, 6) is 0.340. The predicted octanol–water partition coefficient (Wildman–Crippen LogP) is 4.86. The molecular weight excluding hydrogens is 602 g/mol. The van der Waals surface area contributed by atoms with Crippen molar-refractivity contribution in [2.24, 2.45) is 12.5 Å². The molecule has 3 aliphatic heterocycles. The van der Waals surface area contributed by atoms with Crippen molar-refractivity contribution in [3.63, 3.8) is 0 Å². The van der Waals surface area contributed by atoms with Crippen molar-refractivity contribution in [3.8, 4) is 11.3 Å². The highest BCUT2D eigenvalue weighted by molar-refractivity contribution is 6.04. The molecule has 3 saturated heterocycles. The van der Waals surface area contributed by atoms with Crippen LogP contribution in [0.5, 0.6) is 0 Å². The SMILES string of the molecule is Cc1c(-c2cc(C(=O)Nc3nc4ccc(N5CCC(N6CC7(CCN(C)CC7)C6)CC5)cc4n3[C@H]3CC[C@@H](O)CC3)ccn2)cnn1C. The number of pyridine rings is 1. The second-order valence-corrected chi connectivity index (χ2v) is 15.0. The van der Waals surface area contributed by atoms with Crippen LogP contribution in [0, 0.1) is 12.3 Å². The van der Waals surface area contributed by atoms with Gasteiger partial charge in [0.2, 0.25) is 5.95 Å². The fraction of sp³-hybridized carbons (Fsp3) is 0.568. The Labute approximate surface area is 282 Å². The van der Waals surface area contributed by atoms with Gasteiger partial charge < -0.3 is 19.5 Å². The molecule has 0 atom stereocenters. The Morgan fingerprint density at radius 2 is 1.69 bits per heavy atom. The fourth-order valence-electron chi connectivity index (χ4n) is 8.67. The topological polar surface area (TPSA) is 108 Å². The van der Waals surface area contributed by atoms with Crippen LogP contribution < -0.4 is 10.2 Å². The number of likely N-dealkylation sites (tertiary alicyclic amines) is 2. The lowest BCUT2D eigenvalue weighted by Gasteiger charge is -2.57. The lowest BCUT2D eigenvalue weighted by Crippen LogP contribution is -2.63. The highest BCUT2D eigenvalue weighted by Crippen LogP contribution is 2.43. The van der Waals surface area contributed by atoms with E-state index in [-0.39, 0.29) is 18.1 Å². The summed E-state index contributed by atoms with van der Waals surface area (Å²) >= 11 is 0. The Bertz CT molecular complexity index is 1780. The molecule has 4 aromatic rings. The first kappa shape index (κ1) is 31.5. The number of carbonyl (C=O) groups excluding carboxylic acids is 1. The van der Waals surface area contributed by atoms with E-state index in [0.29, 0.717) is 28.7 Å². The van der Waals surface area contributed by atoms with Crippen LogP contribution in [0.15, 0.2) is 42.7 Å². The van der Waals surface area contributed by atoms with Gasteiger partial charge in [-0.05, 0) is 114 Å². The summed E-state index contributed by atoms with van der Waals surface area (Å²) in [5.41, 5.74) is 6.84. The van der Waals surface area contributed by atoms with Gasteiger partial charge in [0, 0.05) is 74.0 Å². The number of rotatable bonds is 6. The maximum Gasteiger partial charge on any atom is 0.258 e. The van der Waals surface area contributed by atoms with E-state index >= 15 is 0 Å². The van der Waals surface area contributed by atoms with E-state index in [9.17, 15) is 9.90 Å². The van der Waals surface area contributed by atoms with Crippen molar-refractivity contribution in [1.82, 2.24) is 34.1 Å². The molecule has 3 aromatic heterocycles. The predicted molar refractivity (Wildman–Crippen MR) is 188 cm³/mol. The van der Waals surface area contributed by atoms with Crippen molar-refractivity contribution in [3.05, 3.63) is 54.0 Å². The van der Waals surface area contributed by atoms with Crippen LogP contribution >= 0.6 is 0 Å². The third-order valence-electron chi connectivity index (χ3n) is 11.9. The van der Waals surface area contributed by atoms with Crippen molar-refractivity contribution in [2.45, 2.75) is 76.5 Å². The van der Waals surface area contributed by atoms with E-state index in [2.05, 4.69) is 59.9 Å². The number of anilines is 2. The van der Waals surface area contributed by atoms with E-state index in [1.165, 1.54) is 57.5 Å². The maximum atomic E-state index is 13.7. The number of benzene rings is 1. The van der Waals surface area contributed by atoms with Gasteiger partial charge in [-0.15, -0.1) is 0 Å². The number of hydrogen-bond donors (Lipinski definition) is 2. The Morgan fingerprint density at radius 3 is 2.40 bits per heavy atom. The lowest BCUT2D eigenvalue weighted by molar-refractivity contribution is -0.0704. The highest BCUT2D eigenvalue weighted by atomic mass is 16.3. The van der Waals surface area contributed by atoms with Crippen LogP contribution in [-0.2, 0) is 7.05 Å². The normalized spacial score (nSPS) is 23.9. The molecule has 11 heteroatoms. The first-order valence-electron chi connectivity index (χ1n) is 17.9. The van der Waals surface area contributed by atoms with E-state index in [1.54, 1.807) is 23.1 Å². The molecule has 2 N–H and O–H groups in total. The molecule has 1 saturated carbocycles. The van der Waals surface area contributed by atoms with Gasteiger partial charge in [0.15, 0.2) is 0 Å². The summed E-state index contributed by atoms with van der Waals surface area (Å²) in [6.45, 7) is 9.15. The molecule has 1 aliphatic carbocycles. The minimum Gasteiger partial charge on any atom is -0.393 e. The average Bonchev–Trinajstić information content (AvgIpc) is 3.62. The number of aliphatic hydroxyl groups is 1. The third-order valence-corrected chi connectivity index (χ3v) is 11.9. The summed E-state index contributed by atoms with van der Waals surface area (Å²) in [6.07, 6.45) is 11.5. The second kappa shape index (κ2) is 12.6. The van der Waals surface area contributed by atoms with E-state index in [1.807, 2.05) is 20.0 Å². The molecule has 8 rings (SSSR count). The van der Waals surface area contributed by atoms with Crippen molar-refractivity contribution in [1.29, 1.82) is 0 Å². The molecule has 0 unspecified atom stereocenters. The molecule has 48 heavy (non-hydrogen) atoms. The summed E-state index contributed by atoms with van der Waals surface area (Å²) in [6, 6.07) is 11.0. The molecule has 1 aromatic carbocycles. The number of amides is 1. The number of nitrogens with one attached hydrogen (secondary N) is 1. The van der Waals surface area contributed by atoms with E-state index < -0.39 is 0 Å². The van der Waals surface area contributed by atoms with E-state index in [4.69, 9.17) is 4.98 Å². The molecule has 4 aliphatic rings. The zero-order chi connectivity index (χ0) is 33.0. The van der Waals surface area contributed by atoms with Gasteiger partial charge in [0.1, 0.15) is 0 Å². The number of hydrogen-bond acceptors (Lipinski definition) is 8. The first-order chi connectivity index (χ1) is 23.2. The number of aromatic nitrogens is 5. The maximum absolute atomic E-state index is 13.7. The Morgan fingerprint density at radius 1 is 0.938 bits per heavy atom. The number of piperidine rings is 2. The monoisotopic (exact) mass is 651 g/mol. The molecule has 11 nitrogen and oxygen atoms in total. The smallest absolute Gasteiger partial charge is 0.258 e. The molecular formula is C37H49N9O2. The molecule has 254 valence electrons. The number of carbonyl (C=O) groups is 1. The number of fused-ring (bicyclic) bond motifs is 1. The number of imidazole rings is 1. The van der Waals surface area contributed by atoms with Gasteiger partial charge >= 0.3 is 0 Å². The molecule has 0 radical (unpaired) electrons. The quantitative estimate of drug-likeness (QED) is 0.305. The Kier molecular flexibility index (Phi) is 8.25. The van der Waals surface area contributed by atoms with Gasteiger partial charge in [0.05, 0.1) is 29.0 Å². The summed E-state index contributed by atoms with van der Waals surface area (Å²) < 4.78 is 4.03. The molecule has 4 fully saturated rings. The number of nitrogens with zero attached hydrogens (tertiary/aromatic N) is 8. The van der Waals surface area contributed by atoms with Crippen LogP contribution in [0.2, 0.25) is 0 Å². The first-order valence-corrected chi connectivity index (χ1v) is 17.9. The standard InChI is InChI=1S/C37H49N9O2/c1-25-31(22-39-43(25)3)33-20-26(10-15-38-33)35(48)41-36-40-32-9-6-29(21-34(32)46(36)28-4-7-30(47)8-5-28)44-16-11-27(12-17-44)45-23-37(24-45)13-18-42(2)19-14-37/h6,9-10,15,20-22,27-28,30,47H,4-5,7-8,11-14,16-19,23-24H2,1-3H3,(H,40,41,48)/t28-,30+. The van der Waals surface area contributed by atoms with Crippen LogP contribution in [0.4, 0.5) is 11.6 Å². The third kappa shape index (κ3) is 5.90. The minimum atomic E-state index is -0.266. The molecule has 1 amide bonds. The van der Waals surface area contributed by atoms with Gasteiger partial charge in [-0.3, -0.25) is 24.7 Å². The van der Waals surface area contributed by atoms with Gasteiger partial charge in [0.25, 0.3) is 5.91 Å². The van der Waals surface area contributed by atoms with Crippen molar-refractivity contribution >= 4 is 28.6 Å². The van der Waals surface area contributed by atoms with Crippen molar-refractivity contribution < 1.29 is 9.90 Å². The molecule has 6 heterocycles. The minimum absolute atomic E-state index is 0.152. The van der Waals surface area contributed by atoms with E-state index in [0.717, 1.165) is 61.1 Å². The molecule has 0 bridgehead atoms. The largest absolute Gasteiger partial charge is 0.393 e. The fourth-order valence-corrected chi connectivity index (χ4v) is 8.67. The zero-order valence-electron chi connectivity index (χ0n) is 28.6. The van der Waals surface area contributed by atoms with Gasteiger partial charge in [-0.2, -0.15) is 5.10 Å². The number of aliphatic hydroxyl groups excluding tert-OH is 1.